The first-order chi connectivity index (χ1) is 9.51. The van der Waals surface area contributed by atoms with Crippen LogP contribution in [0.4, 0.5) is 5.69 Å². The number of hydrogen-bond acceptors (Lipinski definition) is 4. The highest BCUT2D eigenvalue weighted by Gasteiger charge is 2.09. The highest BCUT2D eigenvalue weighted by molar-refractivity contribution is 7.10. The number of benzene rings is 1. The van der Waals surface area contributed by atoms with Crippen LogP contribution in [-0.2, 0) is 6.54 Å². The maximum absolute atomic E-state index is 10.8. The van der Waals surface area contributed by atoms with Crippen molar-refractivity contribution in [2.75, 3.05) is 12.4 Å². The number of anilines is 1. The van der Waals surface area contributed by atoms with Gasteiger partial charge < -0.3 is 15.2 Å². The van der Waals surface area contributed by atoms with Crippen LogP contribution in [0.1, 0.15) is 20.8 Å². The number of nitrogens with one attached hydrogen (secondary N) is 1. The second kappa shape index (κ2) is 6.15. The molecule has 2 rings (SSSR count). The van der Waals surface area contributed by atoms with Crippen molar-refractivity contribution in [3.8, 4) is 5.75 Å². The summed E-state index contributed by atoms with van der Waals surface area (Å²) < 4.78 is 5.28. The van der Waals surface area contributed by atoms with E-state index in [-0.39, 0.29) is 0 Å². The summed E-state index contributed by atoms with van der Waals surface area (Å²) in [6.07, 6.45) is 0. The standard InChI is InChI=1S/C14H14ClNO3S/c1-8-3-12(13(19-2)5-11(8)15)16-6-10-4-9(7-20-10)14(17)18/h3-5,7,16H,6H2,1-2H3,(H,17,18). The normalized spacial score (nSPS) is 10.3. The van der Waals surface area contributed by atoms with Crippen LogP contribution in [0.3, 0.4) is 0 Å². The lowest BCUT2D eigenvalue weighted by Crippen LogP contribution is -2.01. The Kier molecular flexibility index (Phi) is 4.52. The number of carboxylic acids is 1. The molecule has 106 valence electrons. The zero-order valence-corrected chi connectivity index (χ0v) is 12.6. The Morgan fingerprint density at radius 2 is 2.20 bits per heavy atom. The third kappa shape index (κ3) is 3.23. The maximum Gasteiger partial charge on any atom is 0.336 e. The molecule has 0 fully saturated rings. The molecule has 0 unspecified atom stereocenters. The van der Waals surface area contributed by atoms with E-state index in [4.69, 9.17) is 21.4 Å². The molecule has 4 nitrogen and oxygen atoms in total. The first kappa shape index (κ1) is 14.7. The van der Waals surface area contributed by atoms with Gasteiger partial charge in [-0.15, -0.1) is 11.3 Å². The van der Waals surface area contributed by atoms with Crippen molar-refractivity contribution in [1.29, 1.82) is 0 Å². The topological polar surface area (TPSA) is 58.6 Å². The lowest BCUT2D eigenvalue weighted by Gasteiger charge is -2.12. The van der Waals surface area contributed by atoms with E-state index in [0.29, 0.717) is 22.9 Å². The number of halogens is 1. The minimum atomic E-state index is -0.910. The third-order valence-corrected chi connectivity index (χ3v) is 4.18. The molecule has 0 saturated carbocycles. The van der Waals surface area contributed by atoms with Crippen LogP contribution in [0.25, 0.3) is 0 Å². The largest absolute Gasteiger partial charge is 0.495 e. The van der Waals surface area contributed by atoms with Crippen molar-refractivity contribution in [1.82, 2.24) is 0 Å². The van der Waals surface area contributed by atoms with Crippen LogP contribution < -0.4 is 10.1 Å². The van der Waals surface area contributed by atoms with Crippen molar-refractivity contribution in [2.45, 2.75) is 13.5 Å². The van der Waals surface area contributed by atoms with Gasteiger partial charge in [0.25, 0.3) is 0 Å². The molecule has 2 aromatic rings. The van der Waals surface area contributed by atoms with Gasteiger partial charge in [-0.25, -0.2) is 4.79 Å². The lowest BCUT2D eigenvalue weighted by atomic mass is 10.2. The number of methoxy groups -OCH3 is 1. The van der Waals surface area contributed by atoms with Crippen LogP contribution in [0.2, 0.25) is 5.02 Å². The van der Waals surface area contributed by atoms with Gasteiger partial charge in [0.1, 0.15) is 5.75 Å². The number of carbonyl (C=O) groups is 1. The Morgan fingerprint density at radius 3 is 2.80 bits per heavy atom. The van der Waals surface area contributed by atoms with Crippen molar-refractivity contribution < 1.29 is 14.6 Å². The van der Waals surface area contributed by atoms with Gasteiger partial charge >= 0.3 is 5.97 Å². The van der Waals surface area contributed by atoms with Crippen molar-refractivity contribution in [3.05, 3.63) is 44.6 Å². The minimum absolute atomic E-state index is 0.311. The molecule has 0 bridgehead atoms. The van der Waals surface area contributed by atoms with E-state index >= 15 is 0 Å². The molecule has 0 radical (unpaired) electrons. The van der Waals surface area contributed by atoms with E-state index in [1.54, 1.807) is 24.6 Å². The van der Waals surface area contributed by atoms with Gasteiger partial charge in [0.15, 0.2) is 0 Å². The summed E-state index contributed by atoms with van der Waals surface area (Å²) in [7, 11) is 1.58. The SMILES string of the molecule is COc1cc(Cl)c(C)cc1NCc1cc(C(=O)O)cs1. The molecular formula is C14H14ClNO3S. The Hall–Kier alpha value is -1.72. The van der Waals surface area contributed by atoms with Gasteiger partial charge in [-0.3, -0.25) is 0 Å². The Balaban J connectivity index is 2.13. The average molecular weight is 312 g/mol. The van der Waals surface area contributed by atoms with Crippen molar-refractivity contribution in [2.24, 2.45) is 0 Å². The molecule has 20 heavy (non-hydrogen) atoms. The number of hydrogen-bond donors (Lipinski definition) is 2. The molecule has 0 aliphatic heterocycles. The number of ether oxygens (including phenoxy) is 1. The fourth-order valence-electron chi connectivity index (χ4n) is 1.74. The molecular weight excluding hydrogens is 298 g/mol. The molecule has 6 heteroatoms. The fraction of sp³-hybridized carbons (Fsp3) is 0.214. The Morgan fingerprint density at radius 1 is 1.45 bits per heavy atom. The minimum Gasteiger partial charge on any atom is -0.495 e. The quantitative estimate of drug-likeness (QED) is 0.875. The van der Waals surface area contributed by atoms with E-state index in [1.807, 2.05) is 13.0 Å². The van der Waals surface area contributed by atoms with Crippen LogP contribution >= 0.6 is 22.9 Å². The molecule has 1 heterocycles. The van der Waals surface area contributed by atoms with Gasteiger partial charge in [0.05, 0.1) is 18.4 Å². The highest BCUT2D eigenvalue weighted by Crippen LogP contribution is 2.31. The second-order valence-corrected chi connectivity index (χ2v) is 5.67. The summed E-state index contributed by atoms with van der Waals surface area (Å²) in [5.74, 6) is -0.247. The number of thiophene rings is 1. The van der Waals surface area contributed by atoms with Gasteiger partial charge in [-0.05, 0) is 24.6 Å². The summed E-state index contributed by atoms with van der Waals surface area (Å²) in [6.45, 7) is 2.45. The molecule has 0 aliphatic rings. The maximum atomic E-state index is 10.8. The van der Waals surface area contributed by atoms with E-state index in [1.165, 1.54) is 11.3 Å². The molecule has 2 N–H and O–H groups in total. The van der Waals surface area contributed by atoms with E-state index < -0.39 is 5.97 Å². The van der Waals surface area contributed by atoms with E-state index in [9.17, 15) is 4.79 Å². The smallest absolute Gasteiger partial charge is 0.336 e. The van der Waals surface area contributed by atoms with Crippen molar-refractivity contribution >= 4 is 34.6 Å². The number of aryl methyl sites for hydroxylation is 1. The number of carboxylic acid groups (broad SMARTS) is 1. The number of aromatic carboxylic acids is 1. The first-order valence-electron chi connectivity index (χ1n) is 5.90. The summed E-state index contributed by atoms with van der Waals surface area (Å²) in [5, 5.41) is 14.4. The Labute approximate surface area is 126 Å². The average Bonchev–Trinajstić information content (AvgIpc) is 2.88. The van der Waals surface area contributed by atoms with Gasteiger partial charge in [-0.1, -0.05) is 11.6 Å². The fourth-order valence-corrected chi connectivity index (χ4v) is 2.69. The highest BCUT2D eigenvalue weighted by atomic mass is 35.5. The van der Waals surface area contributed by atoms with Crippen LogP contribution in [0.5, 0.6) is 5.75 Å². The molecule has 0 saturated heterocycles. The van der Waals surface area contributed by atoms with E-state index in [2.05, 4.69) is 5.32 Å². The molecule has 0 atom stereocenters. The van der Waals surface area contributed by atoms with E-state index in [0.717, 1.165) is 16.1 Å². The predicted molar refractivity (Wildman–Crippen MR) is 81.3 cm³/mol. The third-order valence-electron chi connectivity index (χ3n) is 2.83. The number of rotatable bonds is 5. The summed E-state index contributed by atoms with van der Waals surface area (Å²) in [4.78, 5) is 11.8. The molecule has 1 aromatic heterocycles. The Bertz CT molecular complexity index is 639. The van der Waals surface area contributed by atoms with Gasteiger partial charge in [0.2, 0.25) is 0 Å². The summed E-state index contributed by atoms with van der Waals surface area (Å²) >= 11 is 7.46. The van der Waals surface area contributed by atoms with Crippen molar-refractivity contribution in [3.63, 3.8) is 0 Å². The van der Waals surface area contributed by atoms with Crippen LogP contribution in [0, 0.1) is 6.92 Å². The lowest BCUT2D eigenvalue weighted by molar-refractivity contribution is 0.0697. The molecule has 0 aliphatic carbocycles. The molecule has 1 aromatic carbocycles. The molecule has 0 amide bonds. The predicted octanol–water partition coefficient (Wildman–Crippen LogP) is 4.03. The van der Waals surface area contributed by atoms with Crippen LogP contribution in [0.15, 0.2) is 23.6 Å². The van der Waals surface area contributed by atoms with Gasteiger partial charge in [-0.2, -0.15) is 0 Å². The summed E-state index contributed by atoms with van der Waals surface area (Å²) in [5.41, 5.74) is 2.10. The van der Waals surface area contributed by atoms with Crippen LogP contribution in [-0.4, -0.2) is 18.2 Å². The summed E-state index contributed by atoms with van der Waals surface area (Å²) in [6, 6.07) is 5.33. The zero-order valence-electron chi connectivity index (χ0n) is 11.1. The van der Waals surface area contributed by atoms with Gasteiger partial charge in [0, 0.05) is 27.9 Å². The molecule has 0 spiro atoms. The monoisotopic (exact) mass is 311 g/mol. The first-order valence-corrected chi connectivity index (χ1v) is 7.15. The zero-order chi connectivity index (χ0) is 14.7. The second-order valence-electron chi connectivity index (χ2n) is 4.26.